The summed E-state index contributed by atoms with van der Waals surface area (Å²) in [6.07, 6.45) is 1.31. The van der Waals surface area contributed by atoms with Gasteiger partial charge in [0.2, 0.25) is 5.91 Å². The Morgan fingerprint density at radius 1 is 1.13 bits per heavy atom. The van der Waals surface area contributed by atoms with E-state index in [-0.39, 0.29) is 23.5 Å². The highest BCUT2D eigenvalue weighted by Crippen LogP contribution is 2.21. The number of carbonyl (C=O) groups is 1. The zero-order chi connectivity index (χ0) is 22.0. The van der Waals surface area contributed by atoms with Crippen LogP contribution in [0.1, 0.15) is 0 Å². The maximum absolute atomic E-state index is 12.8. The van der Waals surface area contributed by atoms with Crippen molar-refractivity contribution >= 4 is 28.2 Å². The van der Waals surface area contributed by atoms with Gasteiger partial charge in [-0.15, -0.1) is 0 Å². The maximum atomic E-state index is 12.8. The van der Waals surface area contributed by atoms with Crippen LogP contribution in [0.4, 0.5) is 11.4 Å². The lowest BCUT2D eigenvalue weighted by atomic mass is 10.2. The van der Waals surface area contributed by atoms with E-state index in [9.17, 15) is 19.7 Å². The van der Waals surface area contributed by atoms with E-state index in [2.05, 4.69) is 9.88 Å². The van der Waals surface area contributed by atoms with E-state index in [0.717, 1.165) is 11.4 Å². The molecule has 0 atom stereocenters. The number of rotatable bonds is 5. The molecular weight excluding hydrogens is 402 g/mol. The van der Waals surface area contributed by atoms with Crippen LogP contribution in [0.3, 0.4) is 0 Å². The van der Waals surface area contributed by atoms with E-state index in [1.165, 1.54) is 29.1 Å². The van der Waals surface area contributed by atoms with Crippen molar-refractivity contribution in [1.29, 1.82) is 0 Å². The normalized spacial score (nSPS) is 14.0. The average molecular weight is 423 g/mol. The number of methoxy groups -OCH3 is 1. The zero-order valence-electron chi connectivity index (χ0n) is 16.9. The van der Waals surface area contributed by atoms with Gasteiger partial charge in [0.25, 0.3) is 11.2 Å². The van der Waals surface area contributed by atoms with Crippen molar-refractivity contribution in [3.63, 3.8) is 0 Å². The number of nitrogens with zero attached hydrogens (tertiary/aromatic N) is 5. The Morgan fingerprint density at radius 2 is 1.84 bits per heavy atom. The molecule has 2 heterocycles. The number of nitro groups is 1. The highest BCUT2D eigenvalue weighted by atomic mass is 16.6. The zero-order valence-corrected chi connectivity index (χ0v) is 16.9. The van der Waals surface area contributed by atoms with Crippen molar-refractivity contribution < 1.29 is 14.5 Å². The predicted molar refractivity (Wildman–Crippen MR) is 114 cm³/mol. The van der Waals surface area contributed by atoms with Crippen molar-refractivity contribution in [2.75, 3.05) is 38.2 Å². The summed E-state index contributed by atoms with van der Waals surface area (Å²) in [5.41, 5.74) is 0.751. The molecule has 3 aromatic rings. The van der Waals surface area contributed by atoms with Gasteiger partial charge in [-0.05, 0) is 30.3 Å². The van der Waals surface area contributed by atoms with Gasteiger partial charge in [0, 0.05) is 44.0 Å². The van der Waals surface area contributed by atoms with Crippen molar-refractivity contribution in [3.05, 3.63) is 69.3 Å². The number of hydrogen-bond donors (Lipinski definition) is 0. The smallest absolute Gasteiger partial charge is 0.270 e. The van der Waals surface area contributed by atoms with E-state index in [4.69, 9.17) is 4.74 Å². The average Bonchev–Trinajstić information content (AvgIpc) is 2.81. The van der Waals surface area contributed by atoms with E-state index >= 15 is 0 Å². The second-order valence-corrected chi connectivity index (χ2v) is 7.20. The maximum Gasteiger partial charge on any atom is 0.270 e. The van der Waals surface area contributed by atoms with Gasteiger partial charge >= 0.3 is 0 Å². The molecule has 10 nitrogen and oxygen atoms in total. The van der Waals surface area contributed by atoms with Crippen molar-refractivity contribution in [2.24, 2.45) is 0 Å². The summed E-state index contributed by atoms with van der Waals surface area (Å²) >= 11 is 0. The van der Waals surface area contributed by atoms with Gasteiger partial charge in [0.15, 0.2) is 0 Å². The van der Waals surface area contributed by atoms with Gasteiger partial charge < -0.3 is 14.5 Å². The first-order valence-corrected chi connectivity index (χ1v) is 9.76. The SMILES string of the molecule is COc1ccc(N2CCN(C(=O)Cn3cnc4ccc([N+](=O)[O-])cc4c3=O)CC2)cc1. The molecule has 1 amide bonds. The van der Waals surface area contributed by atoms with Crippen LogP contribution in [0.5, 0.6) is 5.75 Å². The fourth-order valence-corrected chi connectivity index (χ4v) is 3.63. The van der Waals surface area contributed by atoms with E-state index in [0.29, 0.717) is 31.7 Å². The van der Waals surface area contributed by atoms with Crippen LogP contribution >= 0.6 is 0 Å². The van der Waals surface area contributed by atoms with Crippen LogP contribution in [0.2, 0.25) is 0 Å². The summed E-state index contributed by atoms with van der Waals surface area (Å²) in [6, 6.07) is 11.7. The van der Waals surface area contributed by atoms with Gasteiger partial charge in [0.05, 0.1) is 29.3 Å². The first-order valence-electron chi connectivity index (χ1n) is 9.76. The number of carbonyl (C=O) groups excluding carboxylic acids is 1. The standard InChI is InChI=1S/C21H21N5O5/c1-31-17-5-2-15(3-6-17)23-8-10-24(11-9-23)20(27)13-25-14-22-19-7-4-16(26(29)30)12-18(19)21(25)28/h2-7,12,14H,8-11,13H2,1H3. The number of hydrogen-bond acceptors (Lipinski definition) is 7. The summed E-state index contributed by atoms with van der Waals surface area (Å²) in [6.45, 7) is 2.26. The van der Waals surface area contributed by atoms with Crippen molar-refractivity contribution in [2.45, 2.75) is 6.54 Å². The largest absolute Gasteiger partial charge is 0.497 e. The Hall–Kier alpha value is -3.95. The third-order valence-corrected chi connectivity index (χ3v) is 5.39. The molecule has 2 aromatic carbocycles. The quantitative estimate of drug-likeness (QED) is 0.453. The van der Waals surface area contributed by atoms with Crippen molar-refractivity contribution in [1.82, 2.24) is 14.5 Å². The Balaban J connectivity index is 1.44. The summed E-state index contributed by atoms with van der Waals surface area (Å²) in [4.78, 5) is 44.0. The van der Waals surface area contributed by atoms with Crippen LogP contribution in [0.15, 0.2) is 53.6 Å². The number of amides is 1. The highest BCUT2D eigenvalue weighted by molar-refractivity contribution is 5.81. The first kappa shape index (κ1) is 20.3. The molecule has 0 aliphatic carbocycles. The minimum absolute atomic E-state index is 0.119. The molecule has 0 bridgehead atoms. The lowest BCUT2D eigenvalue weighted by Gasteiger charge is -2.36. The van der Waals surface area contributed by atoms with Crippen LogP contribution < -0.4 is 15.2 Å². The summed E-state index contributed by atoms with van der Waals surface area (Å²) in [5.74, 6) is 0.598. The Morgan fingerprint density at radius 3 is 2.48 bits per heavy atom. The van der Waals surface area contributed by atoms with E-state index < -0.39 is 10.5 Å². The molecule has 0 saturated carbocycles. The number of piperazine rings is 1. The fourth-order valence-electron chi connectivity index (χ4n) is 3.63. The molecule has 0 spiro atoms. The second kappa shape index (κ2) is 8.42. The lowest BCUT2D eigenvalue weighted by molar-refractivity contribution is -0.384. The number of non-ortho nitro benzene ring substituents is 1. The topological polar surface area (TPSA) is 111 Å². The second-order valence-electron chi connectivity index (χ2n) is 7.20. The molecule has 160 valence electrons. The number of anilines is 1. The highest BCUT2D eigenvalue weighted by Gasteiger charge is 2.22. The van der Waals surface area contributed by atoms with Gasteiger partial charge in [-0.2, -0.15) is 0 Å². The van der Waals surface area contributed by atoms with Gasteiger partial charge in [-0.25, -0.2) is 4.98 Å². The van der Waals surface area contributed by atoms with Crippen LogP contribution in [0, 0.1) is 10.1 Å². The van der Waals surface area contributed by atoms with Crippen molar-refractivity contribution in [3.8, 4) is 5.75 Å². The third kappa shape index (κ3) is 4.18. The van der Waals surface area contributed by atoms with Crippen LogP contribution in [-0.2, 0) is 11.3 Å². The van der Waals surface area contributed by atoms with Gasteiger partial charge in [-0.1, -0.05) is 0 Å². The molecule has 0 unspecified atom stereocenters. The molecule has 1 saturated heterocycles. The Bertz CT molecular complexity index is 1180. The van der Waals surface area contributed by atoms with Gasteiger partial charge in [-0.3, -0.25) is 24.3 Å². The molecule has 0 radical (unpaired) electrons. The van der Waals surface area contributed by atoms with Crippen LogP contribution in [0.25, 0.3) is 10.9 Å². The molecule has 1 aliphatic rings. The Kier molecular flexibility index (Phi) is 5.52. The lowest BCUT2D eigenvalue weighted by Crippen LogP contribution is -2.50. The minimum Gasteiger partial charge on any atom is -0.497 e. The summed E-state index contributed by atoms with van der Waals surface area (Å²) < 4.78 is 6.38. The monoisotopic (exact) mass is 423 g/mol. The number of benzene rings is 2. The van der Waals surface area contributed by atoms with E-state index in [1.807, 2.05) is 24.3 Å². The summed E-state index contributed by atoms with van der Waals surface area (Å²) in [5, 5.41) is 11.1. The molecule has 1 aromatic heterocycles. The number of fused-ring (bicyclic) bond motifs is 1. The molecular formula is C21H21N5O5. The molecule has 1 aliphatic heterocycles. The van der Waals surface area contributed by atoms with Crippen LogP contribution in [-0.4, -0.2) is 58.6 Å². The third-order valence-electron chi connectivity index (χ3n) is 5.39. The number of aromatic nitrogens is 2. The molecule has 10 heteroatoms. The predicted octanol–water partition coefficient (Wildman–Crippen LogP) is 1.66. The first-order chi connectivity index (χ1) is 15.0. The molecule has 4 rings (SSSR count). The molecule has 31 heavy (non-hydrogen) atoms. The number of nitro benzene ring substituents is 1. The van der Waals surface area contributed by atoms with E-state index in [1.54, 1.807) is 12.0 Å². The van der Waals surface area contributed by atoms with Gasteiger partial charge in [0.1, 0.15) is 12.3 Å². The Labute approximate surface area is 177 Å². The summed E-state index contributed by atoms with van der Waals surface area (Å²) in [7, 11) is 1.62. The fraction of sp³-hybridized carbons (Fsp3) is 0.286. The number of ether oxygens (including phenoxy) is 1. The molecule has 0 N–H and O–H groups in total. The molecule has 1 fully saturated rings. The minimum atomic E-state index is -0.566.